The lowest BCUT2D eigenvalue weighted by molar-refractivity contribution is 0.841. The third-order valence-electron chi connectivity index (χ3n) is 1.82. The Hall–Kier alpha value is -1.71. The molecular formula is C11H16N4. The first-order valence-electron chi connectivity index (χ1n) is 5.10. The summed E-state index contributed by atoms with van der Waals surface area (Å²) in [5, 5.41) is 7.78. The largest absolute Gasteiger partial charge is 0.384 e. The van der Waals surface area contributed by atoms with E-state index in [9.17, 15) is 0 Å². The molecule has 0 saturated carbocycles. The molecule has 0 unspecified atom stereocenters. The summed E-state index contributed by atoms with van der Waals surface area (Å²) >= 11 is 0. The summed E-state index contributed by atoms with van der Waals surface area (Å²) in [7, 11) is 0. The van der Waals surface area contributed by atoms with Crippen molar-refractivity contribution in [3.63, 3.8) is 0 Å². The summed E-state index contributed by atoms with van der Waals surface area (Å²) in [6.45, 7) is 2.15. The molecule has 0 spiro atoms. The Bertz CT molecular complexity index is 344. The maximum atomic E-state index is 5.52. The van der Waals surface area contributed by atoms with Crippen molar-refractivity contribution in [3.05, 3.63) is 23.9 Å². The van der Waals surface area contributed by atoms with E-state index in [1.165, 1.54) is 6.42 Å². The Morgan fingerprint density at radius 2 is 2.27 bits per heavy atom. The van der Waals surface area contributed by atoms with E-state index in [1.807, 2.05) is 18.3 Å². The van der Waals surface area contributed by atoms with Crippen LogP contribution in [-0.4, -0.2) is 17.4 Å². The summed E-state index contributed by atoms with van der Waals surface area (Å²) in [6.07, 6.45) is 6.70. The van der Waals surface area contributed by atoms with Crippen LogP contribution in [0, 0.1) is 0 Å². The van der Waals surface area contributed by atoms with Crippen molar-refractivity contribution in [2.24, 2.45) is 10.2 Å². The van der Waals surface area contributed by atoms with Crippen molar-refractivity contribution >= 4 is 18.2 Å². The van der Waals surface area contributed by atoms with Crippen LogP contribution in [0.25, 0.3) is 0 Å². The van der Waals surface area contributed by atoms with Gasteiger partial charge < -0.3 is 5.73 Å². The van der Waals surface area contributed by atoms with Crippen molar-refractivity contribution in [3.8, 4) is 0 Å². The third-order valence-corrected chi connectivity index (χ3v) is 1.82. The van der Waals surface area contributed by atoms with Crippen molar-refractivity contribution < 1.29 is 0 Å². The number of nitrogens with two attached hydrogens (primary N) is 1. The minimum Gasteiger partial charge on any atom is -0.384 e. The Morgan fingerprint density at radius 1 is 1.40 bits per heavy atom. The fraction of sp³-hybridized carbons (Fsp3) is 0.364. The van der Waals surface area contributed by atoms with Crippen molar-refractivity contribution in [1.29, 1.82) is 0 Å². The predicted octanol–water partition coefficient (Wildman–Crippen LogP) is 2.26. The van der Waals surface area contributed by atoms with Crippen LogP contribution in [0.3, 0.4) is 0 Å². The van der Waals surface area contributed by atoms with E-state index in [2.05, 4.69) is 22.1 Å². The van der Waals surface area contributed by atoms with E-state index < -0.39 is 0 Å². The summed E-state index contributed by atoms with van der Waals surface area (Å²) in [5.41, 5.74) is 6.24. The predicted molar refractivity (Wildman–Crippen MR) is 64.3 cm³/mol. The number of hydrogen-bond acceptors (Lipinski definition) is 4. The van der Waals surface area contributed by atoms with Crippen LogP contribution < -0.4 is 5.73 Å². The van der Waals surface area contributed by atoms with E-state index >= 15 is 0 Å². The first kappa shape index (κ1) is 11.4. The Morgan fingerprint density at radius 3 is 3.00 bits per heavy atom. The third kappa shape index (κ3) is 4.90. The molecule has 4 nitrogen and oxygen atoms in total. The average Bonchev–Trinajstić information content (AvgIpc) is 2.23. The molecule has 0 radical (unpaired) electrons. The van der Waals surface area contributed by atoms with Crippen LogP contribution in [0.2, 0.25) is 0 Å². The van der Waals surface area contributed by atoms with Gasteiger partial charge >= 0.3 is 0 Å². The fourth-order valence-electron chi connectivity index (χ4n) is 1.03. The zero-order valence-corrected chi connectivity index (χ0v) is 8.93. The molecule has 0 bridgehead atoms. The highest BCUT2D eigenvalue weighted by atomic mass is 15.2. The van der Waals surface area contributed by atoms with E-state index in [-0.39, 0.29) is 0 Å². The molecule has 0 aliphatic carbocycles. The highest BCUT2D eigenvalue weighted by molar-refractivity contribution is 5.77. The first-order chi connectivity index (χ1) is 7.33. The lowest BCUT2D eigenvalue weighted by Gasteiger charge is -1.92. The monoisotopic (exact) mass is 204 g/mol. The normalized spacial score (nSPS) is 11.5. The van der Waals surface area contributed by atoms with Gasteiger partial charge in [0.1, 0.15) is 5.82 Å². The highest BCUT2D eigenvalue weighted by Crippen LogP contribution is 1.97. The number of nitrogens with zero attached hydrogens (tertiary/aromatic N) is 3. The second-order valence-electron chi connectivity index (χ2n) is 3.17. The lowest BCUT2D eigenvalue weighted by atomic mass is 10.3. The maximum Gasteiger partial charge on any atom is 0.124 e. The quantitative estimate of drug-likeness (QED) is 0.454. The van der Waals surface area contributed by atoms with Gasteiger partial charge in [-0.05, 0) is 25.0 Å². The van der Waals surface area contributed by atoms with E-state index in [0.29, 0.717) is 5.82 Å². The number of hydrogen-bond donors (Lipinski definition) is 1. The van der Waals surface area contributed by atoms with Gasteiger partial charge in [0, 0.05) is 6.21 Å². The molecule has 15 heavy (non-hydrogen) atoms. The molecule has 1 aromatic heterocycles. The van der Waals surface area contributed by atoms with Crippen molar-refractivity contribution in [2.75, 3.05) is 5.73 Å². The molecule has 1 aromatic rings. The first-order valence-corrected chi connectivity index (χ1v) is 5.10. The number of pyridine rings is 1. The smallest absolute Gasteiger partial charge is 0.124 e. The van der Waals surface area contributed by atoms with E-state index in [4.69, 9.17) is 5.73 Å². The molecule has 0 aliphatic rings. The average molecular weight is 204 g/mol. The second-order valence-corrected chi connectivity index (χ2v) is 3.17. The van der Waals surface area contributed by atoms with Gasteiger partial charge in [-0.25, -0.2) is 4.98 Å². The Labute approximate surface area is 89.9 Å². The van der Waals surface area contributed by atoms with Crippen LogP contribution in [0.1, 0.15) is 31.9 Å². The van der Waals surface area contributed by atoms with Crippen LogP contribution in [-0.2, 0) is 0 Å². The van der Waals surface area contributed by atoms with Gasteiger partial charge in [-0.3, -0.25) is 0 Å². The molecule has 0 amide bonds. The molecule has 0 saturated heterocycles. The van der Waals surface area contributed by atoms with E-state index in [0.717, 1.165) is 18.5 Å². The summed E-state index contributed by atoms with van der Waals surface area (Å²) in [6, 6.07) is 5.41. The van der Waals surface area contributed by atoms with E-state index in [1.54, 1.807) is 12.3 Å². The topological polar surface area (TPSA) is 63.6 Å². The van der Waals surface area contributed by atoms with Gasteiger partial charge in [-0.2, -0.15) is 10.2 Å². The van der Waals surface area contributed by atoms with Gasteiger partial charge in [0.2, 0.25) is 0 Å². The molecule has 4 heteroatoms. The molecule has 80 valence electrons. The molecule has 0 aliphatic heterocycles. The number of unbranched alkanes of at least 4 members (excludes halogenated alkanes) is 2. The standard InChI is InChI=1S/C11H16N4/c1-2-3-4-8-13-14-9-10-6-5-7-11(12)15-10/h5-9H,2-4H2,1H3,(H2,12,15)/b13-8+,14-9+. The van der Waals surface area contributed by atoms with Crippen LogP contribution in [0.5, 0.6) is 0 Å². The highest BCUT2D eigenvalue weighted by Gasteiger charge is 1.88. The zero-order valence-electron chi connectivity index (χ0n) is 8.93. The minimum atomic E-state index is 0.494. The minimum absolute atomic E-state index is 0.494. The number of aromatic nitrogens is 1. The van der Waals surface area contributed by atoms with Crippen LogP contribution in [0.15, 0.2) is 28.4 Å². The molecule has 0 atom stereocenters. The van der Waals surface area contributed by atoms with Gasteiger partial charge in [-0.15, -0.1) is 0 Å². The van der Waals surface area contributed by atoms with Gasteiger partial charge in [0.25, 0.3) is 0 Å². The fourth-order valence-corrected chi connectivity index (χ4v) is 1.03. The van der Waals surface area contributed by atoms with Crippen molar-refractivity contribution in [1.82, 2.24) is 4.98 Å². The summed E-state index contributed by atoms with van der Waals surface area (Å²) in [5.74, 6) is 0.494. The summed E-state index contributed by atoms with van der Waals surface area (Å²) in [4.78, 5) is 4.06. The Kier molecular flexibility index (Phi) is 5.08. The van der Waals surface area contributed by atoms with Crippen molar-refractivity contribution in [2.45, 2.75) is 26.2 Å². The zero-order chi connectivity index (χ0) is 10.9. The van der Waals surface area contributed by atoms with Crippen LogP contribution in [0.4, 0.5) is 5.82 Å². The molecular weight excluding hydrogens is 188 g/mol. The van der Waals surface area contributed by atoms with Gasteiger partial charge in [-0.1, -0.05) is 19.4 Å². The molecule has 0 fully saturated rings. The number of nitrogen functional groups attached to an aromatic ring is 1. The lowest BCUT2D eigenvalue weighted by Crippen LogP contribution is -1.93. The molecule has 0 aromatic carbocycles. The number of anilines is 1. The second kappa shape index (κ2) is 6.70. The molecule has 1 heterocycles. The SMILES string of the molecule is CCCC/C=N/N=C/c1cccc(N)n1. The molecule has 1 rings (SSSR count). The Balaban J connectivity index is 2.41. The maximum absolute atomic E-state index is 5.52. The van der Waals surface area contributed by atoms with Gasteiger partial charge in [0.05, 0.1) is 11.9 Å². The van der Waals surface area contributed by atoms with Gasteiger partial charge in [0.15, 0.2) is 0 Å². The number of rotatable bonds is 5. The molecule has 2 N–H and O–H groups in total. The summed E-state index contributed by atoms with van der Waals surface area (Å²) < 4.78 is 0. The van der Waals surface area contributed by atoms with Crippen LogP contribution >= 0.6 is 0 Å².